The predicted octanol–water partition coefficient (Wildman–Crippen LogP) is 8.89. The molecule has 0 fully saturated rings. The van der Waals surface area contributed by atoms with E-state index in [0.29, 0.717) is 22.3 Å². The summed E-state index contributed by atoms with van der Waals surface area (Å²) >= 11 is 26.8. The van der Waals surface area contributed by atoms with Gasteiger partial charge in [-0.05, 0) is 56.3 Å². The normalized spacial score (nSPS) is 11.6. The van der Waals surface area contributed by atoms with Crippen LogP contribution in [0.25, 0.3) is 11.3 Å². The van der Waals surface area contributed by atoms with Gasteiger partial charge in [-0.3, -0.25) is 9.59 Å². The fraction of sp³-hybridized carbons (Fsp3) is 0.143. The number of nitrogens with zero attached hydrogens (tertiary/aromatic N) is 1. The minimum absolute atomic E-state index is 0.241. The van der Waals surface area contributed by atoms with Crippen LogP contribution in [0.5, 0.6) is 5.75 Å². The maximum absolute atomic E-state index is 13.1. The van der Waals surface area contributed by atoms with Crippen LogP contribution >= 0.6 is 69.5 Å². The van der Waals surface area contributed by atoms with Crippen LogP contribution < -0.4 is 15.4 Å². The Bertz CT molecular complexity index is 1660. The van der Waals surface area contributed by atoms with Crippen LogP contribution in [0.3, 0.4) is 0 Å². The molecule has 0 bridgehead atoms. The highest BCUT2D eigenvalue weighted by atomic mass is 35.5. The minimum atomic E-state index is -1.50. The quantitative estimate of drug-likeness (QED) is 0.0867. The zero-order valence-electron chi connectivity index (χ0n) is 21.8. The number of thioether (sulfide) groups is 1. The van der Waals surface area contributed by atoms with E-state index in [4.69, 9.17) is 51.1 Å². The van der Waals surface area contributed by atoms with E-state index in [-0.39, 0.29) is 21.0 Å². The summed E-state index contributed by atoms with van der Waals surface area (Å²) in [6.07, 6.45) is 0. The summed E-state index contributed by atoms with van der Waals surface area (Å²) in [5.74, 6) is -1.84. The van der Waals surface area contributed by atoms with Crippen molar-refractivity contribution in [3.05, 3.63) is 85.1 Å². The number of benzene rings is 3. The van der Waals surface area contributed by atoms with E-state index in [0.717, 1.165) is 17.0 Å². The van der Waals surface area contributed by atoms with Gasteiger partial charge in [-0.25, -0.2) is 9.78 Å². The van der Waals surface area contributed by atoms with Crippen molar-refractivity contribution in [1.82, 2.24) is 4.98 Å². The van der Waals surface area contributed by atoms with Gasteiger partial charge in [-0.1, -0.05) is 52.5 Å². The number of thiazole rings is 1. The van der Waals surface area contributed by atoms with E-state index >= 15 is 0 Å². The molecular formula is C28H21Cl4N3O5S2. The Balaban J connectivity index is 1.43. The molecule has 14 heteroatoms. The lowest BCUT2D eigenvalue weighted by molar-refractivity contribution is -0.115. The number of aromatic nitrogens is 1. The van der Waals surface area contributed by atoms with Crippen LogP contribution in [0.15, 0.2) is 58.8 Å². The highest BCUT2D eigenvalue weighted by Crippen LogP contribution is 2.42. The second kappa shape index (κ2) is 14.0. The standard InChI is InChI=1S/C28H21Cl4N3O5S2/c1-3-40-16-9-7-14(8-10-16)18-12-41-28(34-18)35-25(36)13(2)42-17-6-4-5-15(11-17)33-26(37)19-20(27(38)39)22(30)24(32)23(31)21(19)29/h4-13H,3H2,1-2H3,(H,33,37)(H,38,39)(H,34,35,36). The Morgan fingerprint density at radius 1 is 0.976 bits per heavy atom. The Hall–Kier alpha value is -2.99. The van der Waals surface area contributed by atoms with Crippen molar-refractivity contribution in [2.45, 2.75) is 24.0 Å². The Morgan fingerprint density at radius 2 is 1.64 bits per heavy atom. The molecule has 4 aromatic rings. The van der Waals surface area contributed by atoms with Gasteiger partial charge in [0.1, 0.15) is 5.75 Å². The van der Waals surface area contributed by atoms with Gasteiger partial charge in [0.25, 0.3) is 5.91 Å². The van der Waals surface area contributed by atoms with E-state index in [1.165, 1.54) is 23.1 Å². The van der Waals surface area contributed by atoms with Gasteiger partial charge >= 0.3 is 5.97 Å². The van der Waals surface area contributed by atoms with E-state index in [9.17, 15) is 19.5 Å². The molecule has 0 saturated carbocycles. The monoisotopic (exact) mass is 683 g/mol. The molecule has 1 heterocycles. The first-order chi connectivity index (χ1) is 20.0. The number of carbonyl (C=O) groups excluding carboxylic acids is 2. The number of anilines is 2. The van der Waals surface area contributed by atoms with Crippen LogP contribution in [-0.2, 0) is 4.79 Å². The van der Waals surface area contributed by atoms with Crippen LogP contribution in [0.4, 0.5) is 10.8 Å². The fourth-order valence-electron chi connectivity index (χ4n) is 3.70. The molecule has 2 amide bonds. The molecule has 3 N–H and O–H groups in total. The van der Waals surface area contributed by atoms with Gasteiger partial charge in [0.05, 0.1) is 48.8 Å². The second-order valence-electron chi connectivity index (χ2n) is 8.54. The molecule has 218 valence electrons. The third-order valence-electron chi connectivity index (χ3n) is 5.68. The number of hydrogen-bond donors (Lipinski definition) is 3. The second-order valence-corrected chi connectivity index (χ2v) is 12.3. The third-order valence-corrected chi connectivity index (χ3v) is 9.33. The molecule has 0 spiro atoms. The first-order valence-electron chi connectivity index (χ1n) is 12.2. The molecule has 0 aliphatic carbocycles. The summed E-state index contributed by atoms with van der Waals surface area (Å²) in [5, 5.41) is 15.6. The number of carboxylic acids is 1. The van der Waals surface area contributed by atoms with Gasteiger partial charge in [0.2, 0.25) is 5.91 Å². The molecule has 3 aromatic carbocycles. The summed E-state index contributed by atoms with van der Waals surface area (Å²) in [7, 11) is 0. The number of carboxylic acid groups (broad SMARTS) is 1. The van der Waals surface area contributed by atoms with Crippen molar-refractivity contribution in [2.24, 2.45) is 0 Å². The molecule has 0 aliphatic heterocycles. The molecule has 4 rings (SSSR count). The number of nitrogens with one attached hydrogen (secondary N) is 2. The van der Waals surface area contributed by atoms with Crippen molar-refractivity contribution in [1.29, 1.82) is 0 Å². The zero-order chi connectivity index (χ0) is 30.6. The van der Waals surface area contributed by atoms with Gasteiger partial charge in [0.15, 0.2) is 5.13 Å². The van der Waals surface area contributed by atoms with Crippen molar-refractivity contribution in [2.75, 3.05) is 17.2 Å². The van der Waals surface area contributed by atoms with E-state index in [1.807, 2.05) is 36.6 Å². The lowest BCUT2D eigenvalue weighted by atomic mass is 10.1. The highest BCUT2D eigenvalue weighted by molar-refractivity contribution is 8.00. The van der Waals surface area contributed by atoms with Crippen molar-refractivity contribution in [3.8, 4) is 17.0 Å². The zero-order valence-corrected chi connectivity index (χ0v) is 26.5. The number of carbonyl (C=O) groups is 3. The predicted molar refractivity (Wildman–Crippen MR) is 171 cm³/mol. The Kier molecular flexibility index (Phi) is 10.6. The van der Waals surface area contributed by atoms with E-state index in [1.54, 1.807) is 31.2 Å². The minimum Gasteiger partial charge on any atom is -0.494 e. The highest BCUT2D eigenvalue weighted by Gasteiger charge is 2.29. The summed E-state index contributed by atoms with van der Waals surface area (Å²) in [4.78, 5) is 43.0. The molecule has 1 aromatic heterocycles. The molecule has 8 nitrogen and oxygen atoms in total. The number of rotatable bonds is 10. The molecule has 0 saturated heterocycles. The van der Waals surface area contributed by atoms with Crippen LogP contribution in [0.2, 0.25) is 20.1 Å². The molecule has 0 aliphatic rings. The topological polar surface area (TPSA) is 118 Å². The Labute approximate surface area is 269 Å². The van der Waals surface area contributed by atoms with Crippen molar-refractivity contribution < 1.29 is 24.2 Å². The van der Waals surface area contributed by atoms with Gasteiger partial charge in [0, 0.05) is 21.5 Å². The fourth-order valence-corrected chi connectivity index (χ4v) is 6.37. The number of halogens is 4. The van der Waals surface area contributed by atoms with Crippen LogP contribution in [0, 0.1) is 0 Å². The molecule has 0 radical (unpaired) electrons. The van der Waals surface area contributed by atoms with Gasteiger partial charge in [-0.15, -0.1) is 23.1 Å². The third kappa shape index (κ3) is 7.31. The SMILES string of the molecule is CCOc1ccc(-c2csc(NC(=O)C(C)Sc3cccc(NC(=O)c4c(Cl)c(Cl)c(Cl)c(Cl)c4C(=O)O)c3)n2)cc1. The number of aromatic carboxylic acids is 1. The number of amides is 2. The van der Waals surface area contributed by atoms with Crippen molar-refractivity contribution in [3.63, 3.8) is 0 Å². The number of ether oxygens (including phenoxy) is 1. The largest absolute Gasteiger partial charge is 0.494 e. The van der Waals surface area contributed by atoms with E-state index < -0.39 is 33.3 Å². The van der Waals surface area contributed by atoms with E-state index in [2.05, 4.69) is 15.6 Å². The van der Waals surface area contributed by atoms with Crippen molar-refractivity contribution >= 4 is 98.1 Å². The summed E-state index contributed by atoms with van der Waals surface area (Å²) < 4.78 is 5.47. The Morgan fingerprint density at radius 3 is 2.29 bits per heavy atom. The van der Waals surface area contributed by atoms with Gasteiger partial charge in [-0.2, -0.15) is 0 Å². The van der Waals surface area contributed by atoms with Gasteiger partial charge < -0.3 is 20.5 Å². The smallest absolute Gasteiger partial charge is 0.338 e. The van der Waals surface area contributed by atoms with Crippen LogP contribution in [-0.4, -0.2) is 39.7 Å². The lowest BCUT2D eigenvalue weighted by Crippen LogP contribution is -2.22. The first kappa shape index (κ1) is 31.9. The maximum atomic E-state index is 13.1. The molecule has 42 heavy (non-hydrogen) atoms. The summed E-state index contributed by atoms with van der Waals surface area (Å²) in [6.45, 7) is 4.24. The average molecular weight is 685 g/mol. The number of hydrogen-bond acceptors (Lipinski definition) is 7. The lowest BCUT2D eigenvalue weighted by Gasteiger charge is -2.15. The molecule has 1 unspecified atom stereocenters. The average Bonchev–Trinajstić information content (AvgIpc) is 3.42. The summed E-state index contributed by atoms with van der Waals surface area (Å²) in [6, 6.07) is 14.2. The first-order valence-corrected chi connectivity index (χ1v) is 15.4. The summed E-state index contributed by atoms with van der Waals surface area (Å²) in [5.41, 5.74) is 0.958. The molecule has 1 atom stereocenters. The van der Waals surface area contributed by atoms with Crippen LogP contribution in [0.1, 0.15) is 34.6 Å². The maximum Gasteiger partial charge on any atom is 0.338 e. The molecular weight excluding hydrogens is 664 g/mol.